The zero-order valence-electron chi connectivity index (χ0n) is 7.68. The summed E-state index contributed by atoms with van der Waals surface area (Å²) in [5, 5.41) is 2.72. The van der Waals surface area contributed by atoms with Crippen LogP contribution in [0.5, 0.6) is 0 Å². The summed E-state index contributed by atoms with van der Waals surface area (Å²) < 4.78 is 4.88. The van der Waals surface area contributed by atoms with Crippen molar-refractivity contribution in [1.82, 2.24) is 5.32 Å². The smallest absolute Gasteiger partial charge is 0.224 e. The van der Waals surface area contributed by atoms with Crippen molar-refractivity contribution in [3.8, 4) is 0 Å². The van der Waals surface area contributed by atoms with E-state index in [1.807, 2.05) is 13.8 Å². The molecule has 3 heteroatoms. The summed E-state index contributed by atoms with van der Waals surface area (Å²) in [4.78, 5) is 11.2. The monoisotopic (exact) mass is 159 g/mol. The third kappa shape index (κ3) is 3.98. The first-order chi connectivity index (χ1) is 5.11. The number of methoxy groups -OCH3 is 1. The van der Waals surface area contributed by atoms with Crippen LogP contribution in [0.15, 0.2) is 0 Å². The van der Waals surface area contributed by atoms with E-state index >= 15 is 0 Å². The van der Waals surface area contributed by atoms with Crippen LogP contribution in [-0.2, 0) is 9.53 Å². The minimum absolute atomic E-state index is 0.0573. The molecule has 2 unspecified atom stereocenters. The second-order valence-electron chi connectivity index (χ2n) is 2.70. The number of amides is 1. The van der Waals surface area contributed by atoms with Crippen molar-refractivity contribution in [2.24, 2.45) is 5.92 Å². The number of carbonyl (C=O) groups excluding carboxylic acids is 1. The van der Waals surface area contributed by atoms with E-state index in [1.54, 1.807) is 14.0 Å². The minimum atomic E-state index is -0.184. The molecule has 0 saturated heterocycles. The molecule has 0 aromatic heterocycles. The average Bonchev–Trinajstić information content (AvgIpc) is 2.02. The summed E-state index contributed by atoms with van der Waals surface area (Å²) in [5.41, 5.74) is 0. The lowest BCUT2D eigenvalue weighted by Gasteiger charge is -2.14. The molecule has 0 rings (SSSR count). The van der Waals surface area contributed by atoms with Crippen molar-refractivity contribution in [2.75, 3.05) is 7.11 Å². The molecule has 0 aliphatic carbocycles. The molecule has 0 aliphatic rings. The fourth-order valence-electron chi connectivity index (χ4n) is 0.587. The second-order valence-corrected chi connectivity index (χ2v) is 2.70. The fourth-order valence-corrected chi connectivity index (χ4v) is 0.587. The average molecular weight is 159 g/mol. The van der Waals surface area contributed by atoms with Gasteiger partial charge >= 0.3 is 0 Å². The lowest BCUT2D eigenvalue weighted by atomic mass is 10.1. The molecule has 1 N–H and O–H groups in total. The molecule has 0 spiro atoms. The van der Waals surface area contributed by atoms with Crippen molar-refractivity contribution < 1.29 is 9.53 Å². The molecule has 0 aromatic carbocycles. The molecule has 66 valence electrons. The zero-order chi connectivity index (χ0) is 8.85. The molecule has 1 amide bonds. The molecule has 0 radical (unpaired) electrons. The van der Waals surface area contributed by atoms with Gasteiger partial charge in [-0.05, 0) is 13.3 Å². The number of ether oxygens (including phenoxy) is 1. The highest BCUT2D eigenvalue weighted by molar-refractivity contribution is 5.78. The third-order valence-electron chi connectivity index (χ3n) is 1.76. The maximum atomic E-state index is 11.2. The summed E-state index contributed by atoms with van der Waals surface area (Å²) in [6.07, 6.45) is 0.680. The van der Waals surface area contributed by atoms with Gasteiger partial charge in [0.1, 0.15) is 6.23 Å². The normalized spacial score (nSPS) is 15.6. The van der Waals surface area contributed by atoms with Crippen molar-refractivity contribution in [3.05, 3.63) is 0 Å². The molecule has 0 aromatic rings. The standard InChI is InChI=1S/C8H17NO2/c1-5-6(2)8(10)9-7(3)11-4/h6-7H,5H2,1-4H3,(H,9,10). The van der Waals surface area contributed by atoms with E-state index in [1.165, 1.54) is 0 Å². The molecular formula is C8H17NO2. The van der Waals surface area contributed by atoms with Gasteiger partial charge < -0.3 is 10.1 Å². The predicted octanol–water partition coefficient (Wildman–Crippen LogP) is 1.14. The van der Waals surface area contributed by atoms with Crippen LogP contribution in [0.2, 0.25) is 0 Å². The van der Waals surface area contributed by atoms with Crippen LogP contribution in [0.3, 0.4) is 0 Å². The number of nitrogens with one attached hydrogen (secondary N) is 1. The summed E-state index contributed by atoms with van der Waals surface area (Å²) in [5.74, 6) is 0.134. The van der Waals surface area contributed by atoms with E-state index < -0.39 is 0 Å². The SMILES string of the molecule is CCC(C)C(=O)NC(C)OC. The molecule has 0 saturated carbocycles. The molecule has 11 heavy (non-hydrogen) atoms. The lowest BCUT2D eigenvalue weighted by Crippen LogP contribution is -2.37. The fraction of sp³-hybridized carbons (Fsp3) is 0.875. The minimum Gasteiger partial charge on any atom is -0.362 e. The van der Waals surface area contributed by atoms with Gasteiger partial charge in [0.15, 0.2) is 0 Å². The third-order valence-corrected chi connectivity index (χ3v) is 1.76. The maximum absolute atomic E-state index is 11.2. The number of hydrogen-bond donors (Lipinski definition) is 1. The van der Waals surface area contributed by atoms with Gasteiger partial charge in [0.2, 0.25) is 5.91 Å². The highest BCUT2D eigenvalue weighted by Gasteiger charge is 2.11. The Hall–Kier alpha value is -0.570. The molecule has 0 bridgehead atoms. The van der Waals surface area contributed by atoms with Gasteiger partial charge in [-0.1, -0.05) is 13.8 Å². The van der Waals surface area contributed by atoms with Crippen molar-refractivity contribution >= 4 is 5.91 Å². The van der Waals surface area contributed by atoms with Crippen LogP contribution in [0.1, 0.15) is 27.2 Å². The van der Waals surface area contributed by atoms with Crippen molar-refractivity contribution in [2.45, 2.75) is 33.4 Å². The van der Waals surface area contributed by atoms with Crippen LogP contribution >= 0.6 is 0 Å². The van der Waals surface area contributed by atoms with Crippen LogP contribution in [-0.4, -0.2) is 19.2 Å². The van der Waals surface area contributed by atoms with Gasteiger partial charge in [0.25, 0.3) is 0 Å². The Labute approximate surface area is 68.1 Å². The molecular weight excluding hydrogens is 142 g/mol. The first-order valence-corrected chi connectivity index (χ1v) is 3.95. The van der Waals surface area contributed by atoms with Gasteiger partial charge in [0.05, 0.1) is 0 Å². The first-order valence-electron chi connectivity index (χ1n) is 3.95. The van der Waals surface area contributed by atoms with Crippen LogP contribution < -0.4 is 5.32 Å². The summed E-state index contributed by atoms with van der Waals surface area (Å²) in [6, 6.07) is 0. The van der Waals surface area contributed by atoms with Gasteiger partial charge in [-0.2, -0.15) is 0 Å². The van der Waals surface area contributed by atoms with E-state index in [2.05, 4.69) is 5.32 Å². The van der Waals surface area contributed by atoms with Gasteiger partial charge in [-0.15, -0.1) is 0 Å². The second kappa shape index (κ2) is 5.13. The Morgan fingerprint density at radius 1 is 1.55 bits per heavy atom. The number of carbonyl (C=O) groups is 1. The Balaban J connectivity index is 3.68. The molecule has 2 atom stereocenters. The van der Waals surface area contributed by atoms with E-state index in [9.17, 15) is 4.79 Å². The van der Waals surface area contributed by atoms with Gasteiger partial charge in [-0.3, -0.25) is 4.79 Å². The van der Waals surface area contributed by atoms with Crippen LogP contribution in [0.4, 0.5) is 0 Å². The summed E-state index contributed by atoms with van der Waals surface area (Å²) in [7, 11) is 1.57. The molecule has 0 fully saturated rings. The van der Waals surface area contributed by atoms with E-state index in [4.69, 9.17) is 4.74 Å². The molecule has 0 heterocycles. The Morgan fingerprint density at radius 2 is 2.09 bits per heavy atom. The Bertz CT molecular complexity index is 125. The molecule has 3 nitrogen and oxygen atoms in total. The number of rotatable bonds is 4. The Kier molecular flexibility index (Phi) is 4.86. The zero-order valence-corrected chi connectivity index (χ0v) is 7.68. The quantitative estimate of drug-likeness (QED) is 0.625. The van der Waals surface area contributed by atoms with Crippen LogP contribution in [0, 0.1) is 5.92 Å². The summed E-state index contributed by atoms with van der Waals surface area (Å²) >= 11 is 0. The van der Waals surface area contributed by atoms with E-state index in [0.717, 1.165) is 6.42 Å². The van der Waals surface area contributed by atoms with Gasteiger partial charge in [0, 0.05) is 13.0 Å². The Morgan fingerprint density at radius 3 is 2.45 bits per heavy atom. The topological polar surface area (TPSA) is 38.3 Å². The maximum Gasteiger partial charge on any atom is 0.224 e. The van der Waals surface area contributed by atoms with E-state index in [-0.39, 0.29) is 18.1 Å². The van der Waals surface area contributed by atoms with Crippen molar-refractivity contribution in [3.63, 3.8) is 0 Å². The van der Waals surface area contributed by atoms with E-state index in [0.29, 0.717) is 0 Å². The number of hydrogen-bond acceptors (Lipinski definition) is 2. The van der Waals surface area contributed by atoms with Crippen molar-refractivity contribution in [1.29, 1.82) is 0 Å². The first kappa shape index (κ1) is 10.4. The molecule has 0 aliphatic heterocycles. The largest absolute Gasteiger partial charge is 0.362 e. The summed E-state index contributed by atoms with van der Waals surface area (Å²) in [6.45, 7) is 5.69. The highest BCUT2D eigenvalue weighted by atomic mass is 16.5. The lowest BCUT2D eigenvalue weighted by molar-refractivity contribution is -0.127. The predicted molar refractivity (Wildman–Crippen MR) is 44.1 cm³/mol. The highest BCUT2D eigenvalue weighted by Crippen LogP contribution is 2.00. The van der Waals surface area contributed by atoms with Crippen LogP contribution in [0.25, 0.3) is 0 Å². The van der Waals surface area contributed by atoms with Gasteiger partial charge in [-0.25, -0.2) is 0 Å².